The molecular formula is C36H24. The van der Waals surface area contributed by atoms with Gasteiger partial charge in [0.15, 0.2) is 0 Å². The molecule has 0 amide bonds. The fourth-order valence-corrected chi connectivity index (χ4v) is 7.09. The number of hydrogen-bond donors (Lipinski definition) is 0. The SMILES string of the molecule is Cc1c(-c2cccc3c2-c2ccccc2C32c3ccccc3-c3ccccc32)ccc2ccccc12. The number of hydrogen-bond acceptors (Lipinski definition) is 0. The molecule has 8 rings (SSSR count). The quantitative estimate of drug-likeness (QED) is 0.231. The molecular weight excluding hydrogens is 432 g/mol. The Kier molecular flexibility index (Phi) is 3.89. The Morgan fingerprint density at radius 3 is 1.64 bits per heavy atom. The molecule has 2 aliphatic rings. The molecule has 0 fully saturated rings. The van der Waals surface area contributed by atoms with Gasteiger partial charge in [-0.15, -0.1) is 0 Å². The van der Waals surface area contributed by atoms with E-state index in [-0.39, 0.29) is 5.41 Å². The van der Waals surface area contributed by atoms with E-state index in [1.54, 1.807) is 0 Å². The first-order valence-corrected chi connectivity index (χ1v) is 12.7. The lowest BCUT2D eigenvalue weighted by Gasteiger charge is -2.30. The lowest BCUT2D eigenvalue weighted by atomic mass is 9.70. The molecule has 6 aromatic rings. The summed E-state index contributed by atoms with van der Waals surface area (Å²) in [5.74, 6) is 0. The molecule has 0 unspecified atom stereocenters. The third kappa shape index (κ3) is 2.30. The molecule has 168 valence electrons. The van der Waals surface area contributed by atoms with Gasteiger partial charge in [-0.25, -0.2) is 0 Å². The molecule has 36 heavy (non-hydrogen) atoms. The molecule has 0 aromatic heterocycles. The van der Waals surface area contributed by atoms with Crippen molar-refractivity contribution >= 4 is 10.8 Å². The van der Waals surface area contributed by atoms with Crippen molar-refractivity contribution in [3.63, 3.8) is 0 Å². The molecule has 2 aliphatic carbocycles. The summed E-state index contributed by atoms with van der Waals surface area (Å²) in [4.78, 5) is 0. The lowest BCUT2D eigenvalue weighted by molar-refractivity contribution is 0.794. The van der Waals surface area contributed by atoms with Gasteiger partial charge < -0.3 is 0 Å². The van der Waals surface area contributed by atoms with Crippen LogP contribution in [0.5, 0.6) is 0 Å². The van der Waals surface area contributed by atoms with Crippen molar-refractivity contribution in [2.24, 2.45) is 0 Å². The van der Waals surface area contributed by atoms with Crippen molar-refractivity contribution in [1.82, 2.24) is 0 Å². The molecule has 0 aliphatic heterocycles. The van der Waals surface area contributed by atoms with E-state index in [4.69, 9.17) is 0 Å². The summed E-state index contributed by atoms with van der Waals surface area (Å²) in [7, 11) is 0. The molecule has 0 heterocycles. The summed E-state index contributed by atoms with van der Waals surface area (Å²) in [5.41, 5.74) is 14.7. The molecule has 0 atom stereocenters. The number of fused-ring (bicyclic) bond motifs is 11. The van der Waals surface area contributed by atoms with Gasteiger partial charge in [0.25, 0.3) is 0 Å². The van der Waals surface area contributed by atoms with E-state index in [9.17, 15) is 0 Å². The monoisotopic (exact) mass is 456 g/mol. The smallest absolute Gasteiger partial charge is 0.0619 e. The van der Waals surface area contributed by atoms with Crippen LogP contribution >= 0.6 is 0 Å². The Labute approximate surface area is 211 Å². The van der Waals surface area contributed by atoms with Crippen LogP contribution in [0.15, 0.2) is 127 Å². The first kappa shape index (κ1) is 19.8. The van der Waals surface area contributed by atoms with E-state index >= 15 is 0 Å². The first-order chi connectivity index (χ1) is 17.8. The van der Waals surface area contributed by atoms with Crippen LogP contribution in [0.2, 0.25) is 0 Å². The van der Waals surface area contributed by atoms with E-state index in [2.05, 4.69) is 134 Å². The summed E-state index contributed by atoms with van der Waals surface area (Å²) in [5, 5.41) is 2.62. The minimum Gasteiger partial charge on any atom is -0.0619 e. The molecule has 6 aromatic carbocycles. The lowest BCUT2D eigenvalue weighted by Crippen LogP contribution is -2.25. The summed E-state index contributed by atoms with van der Waals surface area (Å²) < 4.78 is 0. The fraction of sp³-hybridized carbons (Fsp3) is 0.0556. The van der Waals surface area contributed by atoms with Gasteiger partial charge in [-0.2, -0.15) is 0 Å². The predicted octanol–water partition coefficient (Wildman–Crippen LogP) is 9.16. The molecule has 0 saturated heterocycles. The second-order valence-electron chi connectivity index (χ2n) is 10.1. The average molecular weight is 457 g/mol. The topological polar surface area (TPSA) is 0 Å². The van der Waals surface area contributed by atoms with Crippen LogP contribution in [0.1, 0.15) is 27.8 Å². The van der Waals surface area contributed by atoms with Crippen molar-refractivity contribution in [2.45, 2.75) is 12.3 Å². The number of aryl methyl sites for hydroxylation is 1. The van der Waals surface area contributed by atoms with E-state index in [1.807, 2.05) is 0 Å². The first-order valence-electron chi connectivity index (χ1n) is 12.7. The molecule has 0 heteroatoms. The zero-order valence-electron chi connectivity index (χ0n) is 20.1. The van der Waals surface area contributed by atoms with Gasteiger partial charge in [0, 0.05) is 0 Å². The maximum absolute atomic E-state index is 2.37. The molecule has 0 N–H and O–H groups in total. The standard InChI is InChI=1S/C36H24/c1-23-25-12-3-2-11-24(25)21-22-26(23)29-16-10-20-34-35(29)30-15-6-9-19-33(30)36(34)31-17-7-4-13-27(31)28-14-5-8-18-32(28)36/h2-22H,1H3. The highest BCUT2D eigenvalue weighted by atomic mass is 14.5. The normalized spacial score (nSPS) is 13.9. The van der Waals surface area contributed by atoms with Crippen molar-refractivity contribution in [2.75, 3.05) is 0 Å². The van der Waals surface area contributed by atoms with Gasteiger partial charge in [-0.1, -0.05) is 127 Å². The summed E-state index contributed by atoms with van der Waals surface area (Å²) in [6.07, 6.45) is 0. The second-order valence-corrected chi connectivity index (χ2v) is 10.1. The number of benzene rings is 6. The van der Waals surface area contributed by atoms with Gasteiger partial charge in [0.2, 0.25) is 0 Å². The highest BCUT2D eigenvalue weighted by Gasteiger charge is 2.51. The van der Waals surface area contributed by atoms with Gasteiger partial charge in [-0.05, 0) is 78.9 Å². The highest BCUT2D eigenvalue weighted by Crippen LogP contribution is 2.63. The summed E-state index contributed by atoms with van der Waals surface area (Å²) >= 11 is 0. The van der Waals surface area contributed by atoms with E-state index in [1.165, 1.54) is 72.0 Å². The fourth-order valence-electron chi connectivity index (χ4n) is 7.09. The van der Waals surface area contributed by atoms with Crippen LogP contribution in [0.3, 0.4) is 0 Å². The Morgan fingerprint density at radius 1 is 0.389 bits per heavy atom. The molecule has 1 spiro atoms. The average Bonchev–Trinajstić information content (AvgIpc) is 3.41. The Morgan fingerprint density at radius 2 is 0.917 bits per heavy atom. The van der Waals surface area contributed by atoms with Crippen molar-refractivity contribution in [3.8, 4) is 33.4 Å². The van der Waals surface area contributed by atoms with Gasteiger partial charge in [-0.3, -0.25) is 0 Å². The second kappa shape index (κ2) is 7.06. The van der Waals surface area contributed by atoms with Crippen LogP contribution in [0.25, 0.3) is 44.2 Å². The van der Waals surface area contributed by atoms with Gasteiger partial charge >= 0.3 is 0 Å². The molecule has 0 radical (unpaired) electrons. The van der Waals surface area contributed by atoms with Crippen LogP contribution in [0, 0.1) is 6.92 Å². The zero-order valence-corrected chi connectivity index (χ0v) is 20.1. The minimum atomic E-state index is -0.292. The zero-order chi connectivity index (χ0) is 23.9. The van der Waals surface area contributed by atoms with E-state index < -0.39 is 0 Å². The van der Waals surface area contributed by atoms with Crippen LogP contribution in [-0.2, 0) is 5.41 Å². The van der Waals surface area contributed by atoms with Crippen LogP contribution < -0.4 is 0 Å². The van der Waals surface area contributed by atoms with Gasteiger partial charge in [0.05, 0.1) is 5.41 Å². The van der Waals surface area contributed by atoms with Crippen molar-refractivity contribution in [3.05, 3.63) is 155 Å². The number of rotatable bonds is 1. The van der Waals surface area contributed by atoms with Crippen molar-refractivity contribution < 1.29 is 0 Å². The third-order valence-electron chi connectivity index (χ3n) is 8.51. The maximum atomic E-state index is 2.37. The highest BCUT2D eigenvalue weighted by molar-refractivity contribution is 6.02. The minimum absolute atomic E-state index is 0.292. The predicted molar refractivity (Wildman–Crippen MR) is 150 cm³/mol. The largest absolute Gasteiger partial charge is 0.0725 e. The Hall–Kier alpha value is -4.42. The molecule has 0 bridgehead atoms. The molecule has 0 nitrogen and oxygen atoms in total. The third-order valence-corrected chi connectivity index (χ3v) is 8.51. The van der Waals surface area contributed by atoms with Crippen LogP contribution in [0.4, 0.5) is 0 Å². The van der Waals surface area contributed by atoms with Crippen LogP contribution in [-0.4, -0.2) is 0 Å². The van der Waals surface area contributed by atoms with E-state index in [0.29, 0.717) is 0 Å². The molecule has 0 saturated carbocycles. The Balaban J connectivity index is 1.53. The van der Waals surface area contributed by atoms with Gasteiger partial charge in [0.1, 0.15) is 0 Å². The summed E-state index contributed by atoms with van der Waals surface area (Å²) in [6, 6.07) is 47.3. The van der Waals surface area contributed by atoms with E-state index in [0.717, 1.165) is 0 Å². The van der Waals surface area contributed by atoms with Crippen molar-refractivity contribution in [1.29, 1.82) is 0 Å². The Bertz CT molecular complexity index is 1810. The summed E-state index contributed by atoms with van der Waals surface area (Å²) in [6.45, 7) is 2.27. The maximum Gasteiger partial charge on any atom is 0.0725 e.